The molecule has 1 N–H and O–H groups in total. The van der Waals surface area contributed by atoms with Crippen LogP contribution in [0, 0.1) is 5.92 Å². The average Bonchev–Trinajstić information content (AvgIpc) is 3.11. The Morgan fingerprint density at radius 2 is 1.79 bits per heavy atom. The number of rotatable bonds is 10. The number of benzene rings is 2. The van der Waals surface area contributed by atoms with Gasteiger partial charge in [-0.05, 0) is 49.1 Å². The number of nitrogens with zero attached hydrogens (tertiary/aromatic N) is 2. The normalized spacial score (nSPS) is 11.2. The molecule has 154 valence electrons. The van der Waals surface area contributed by atoms with Crippen LogP contribution in [-0.4, -0.2) is 22.1 Å². The van der Waals surface area contributed by atoms with Crippen LogP contribution in [0.3, 0.4) is 0 Å². The lowest BCUT2D eigenvalue weighted by Gasteiger charge is -2.14. The Balaban J connectivity index is 1.69. The van der Waals surface area contributed by atoms with E-state index in [1.165, 1.54) is 5.56 Å². The molecule has 0 bridgehead atoms. The van der Waals surface area contributed by atoms with E-state index in [4.69, 9.17) is 9.72 Å². The number of nitrogens with one attached hydrogen (secondary N) is 1. The summed E-state index contributed by atoms with van der Waals surface area (Å²) < 4.78 is 8.09. The second-order valence-electron chi connectivity index (χ2n) is 7.25. The van der Waals surface area contributed by atoms with Crippen molar-refractivity contribution in [2.24, 2.45) is 5.92 Å². The van der Waals surface area contributed by atoms with Gasteiger partial charge >= 0.3 is 0 Å². The molecular weight excluding hydrogens is 362 g/mol. The van der Waals surface area contributed by atoms with E-state index in [1.807, 2.05) is 44.2 Å². The van der Waals surface area contributed by atoms with E-state index < -0.39 is 0 Å². The highest BCUT2D eigenvalue weighted by Crippen LogP contribution is 2.18. The van der Waals surface area contributed by atoms with Crippen LogP contribution in [0.25, 0.3) is 11.0 Å². The van der Waals surface area contributed by atoms with E-state index in [0.717, 1.165) is 41.9 Å². The molecule has 1 heterocycles. The number of ether oxygens (including phenoxy) is 1. The van der Waals surface area contributed by atoms with Crippen LogP contribution in [0.1, 0.15) is 45.0 Å². The molecule has 2 aromatic carbocycles. The summed E-state index contributed by atoms with van der Waals surface area (Å²) in [4.78, 5) is 17.1. The lowest BCUT2D eigenvalue weighted by atomic mass is 10.0. The first-order valence-electron chi connectivity index (χ1n) is 10.6. The standard InChI is InChI=1S/C24H31N3O2/c1-4-18-11-13-20(14-12-18)29-16-15-27-22-10-8-7-9-21(22)26-23(27)17-25-24(28)19(5-2)6-3/h7-14,19H,4-6,15-17H2,1-3H3,(H,25,28). The third-order valence-electron chi connectivity index (χ3n) is 5.43. The first-order chi connectivity index (χ1) is 14.2. The van der Waals surface area contributed by atoms with E-state index >= 15 is 0 Å². The van der Waals surface area contributed by atoms with Gasteiger partial charge in [0.1, 0.15) is 18.2 Å². The van der Waals surface area contributed by atoms with Gasteiger partial charge in [-0.1, -0.05) is 45.0 Å². The Hall–Kier alpha value is -2.82. The third-order valence-corrected chi connectivity index (χ3v) is 5.43. The van der Waals surface area contributed by atoms with Crippen molar-refractivity contribution in [3.05, 3.63) is 59.9 Å². The second-order valence-corrected chi connectivity index (χ2v) is 7.25. The summed E-state index contributed by atoms with van der Waals surface area (Å²) in [6.45, 7) is 7.88. The number of hydrogen-bond donors (Lipinski definition) is 1. The quantitative estimate of drug-likeness (QED) is 0.542. The Kier molecular flexibility index (Phi) is 7.28. The Bertz CT molecular complexity index is 927. The van der Waals surface area contributed by atoms with Gasteiger partial charge in [0.05, 0.1) is 24.1 Å². The predicted molar refractivity (Wildman–Crippen MR) is 117 cm³/mol. The average molecular weight is 394 g/mol. The smallest absolute Gasteiger partial charge is 0.223 e. The molecule has 0 saturated heterocycles. The molecule has 3 rings (SSSR count). The maximum Gasteiger partial charge on any atom is 0.223 e. The van der Waals surface area contributed by atoms with E-state index in [-0.39, 0.29) is 11.8 Å². The first-order valence-corrected chi connectivity index (χ1v) is 10.6. The van der Waals surface area contributed by atoms with Crippen molar-refractivity contribution in [1.82, 2.24) is 14.9 Å². The molecule has 0 radical (unpaired) electrons. The minimum Gasteiger partial charge on any atom is -0.492 e. The zero-order chi connectivity index (χ0) is 20.6. The summed E-state index contributed by atoms with van der Waals surface area (Å²) in [6.07, 6.45) is 2.72. The first kappa shape index (κ1) is 20.9. The fourth-order valence-electron chi connectivity index (χ4n) is 3.56. The van der Waals surface area contributed by atoms with Gasteiger partial charge in [-0.25, -0.2) is 4.98 Å². The van der Waals surface area contributed by atoms with Gasteiger partial charge in [-0.15, -0.1) is 0 Å². The highest BCUT2D eigenvalue weighted by Gasteiger charge is 2.16. The summed E-state index contributed by atoms with van der Waals surface area (Å²) in [5.41, 5.74) is 3.30. The number of aryl methyl sites for hydroxylation is 1. The number of para-hydroxylation sites is 2. The van der Waals surface area contributed by atoms with Crippen molar-refractivity contribution in [3.63, 3.8) is 0 Å². The minimum atomic E-state index is 0.0576. The third kappa shape index (κ3) is 5.17. The molecule has 0 atom stereocenters. The van der Waals surface area contributed by atoms with Crippen molar-refractivity contribution in [3.8, 4) is 5.75 Å². The Labute approximate surface area is 173 Å². The Morgan fingerprint density at radius 1 is 1.07 bits per heavy atom. The number of imidazole rings is 1. The van der Waals surface area contributed by atoms with E-state index in [2.05, 4.69) is 35.0 Å². The summed E-state index contributed by atoms with van der Waals surface area (Å²) in [6, 6.07) is 16.3. The molecule has 5 nitrogen and oxygen atoms in total. The van der Waals surface area contributed by atoms with E-state index in [0.29, 0.717) is 19.7 Å². The van der Waals surface area contributed by atoms with Crippen molar-refractivity contribution in [1.29, 1.82) is 0 Å². The second kappa shape index (κ2) is 10.1. The lowest BCUT2D eigenvalue weighted by molar-refractivity contribution is -0.125. The van der Waals surface area contributed by atoms with Crippen molar-refractivity contribution < 1.29 is 9.53 Å². The zero-order valence-electron chi connectivity index (χ0n) is 17.6. The summed E-state index contributed by atoms with van der Waals surface area (Å²) in [5.74, 6) is 1.88. The highest BCUT2D eigenvalue weighted by atomic mass is 16.5. The van der Waals surface area contributed by atoms with Gasteiger partial charge in [0.15, 0.2) is 0 Å². The molecule has 0 saturated carbocycles. The molecule has 1 amide bonds. The SMILES string of the molecule is CCc1ccc(OCCn2c(CNC(=O)C(CC)CC)nc3ccccc32)cc1. The largest absolute Gasteiger partial charge is 0.492 e. The molecule has 0 unspecified atom stereocenters. The van der Waals surface area contributed by atoms with Crippen LogP contribution in [0.2, 0.25) is 0 Å². The van der Waals surface area contributed by atoms with Crippen molar-refractivity contribution in [2.45, 2.75) is 53.1 Å². The number of hydrogen-bond acceptors (Lipinski definition) is 3. The molecule has 5 heteroatoms. The van der Waals surface area contributed by atoms with Gasteiger partial charge in [0.25, 0.3) is 0 Å². The molecule has 0 spiro atoms. The molecular formula is C24H31N3O2. The topological polar surface area (TPSA) is 56.1 Å². The van der Waals surface area contributed by atoms with Gasteiger partial charge in [-0.2, -0.15) is 0 Å². The molecule has 3 aromatic rings. The van der Waals surface area contributed by atoms with Crippen LogP contribution in [0.5, 0.6) is 5.75 Å². The number of carbonyl (C=O) groups excluding carboxylic acids is 1. The van der Waals surface area contributed by atoms with E-state index in [1.54, 1.807) is 0 Å². The summed E-state index contributed by atoms with van der Waals surface area (Å²) in [5, 5.41) is 3.06. The fraction of sp³-hybridized carbons (Fsp3) is 0.417. The number of aromatic nitrogens is 2. The minimum absolute atomic E-state index is 0.0576. The maximum atomic E-state index is 12.4. The van der Waals surface area contributed by atoms with Gasteiger partial charge < -0.3 is 14.6 Å². The maximum absolute atomic E-state index is 12.4. The van der Waals surface area contributed by atoms with Crippen LogP contribution < -0.4 is 10.1 Å². The number of amides is 1. The molecule has 1 aromatic heterocycles. The molecule has 0 aliphatic heterocycles. The van der Waals surface area contributed by atoms with Crippen LogP contribution >= 0.6 is 0 Å². The Morgan fingerprint density at radius 3 is 2.48 bits per heavy atom. The fourth-order valence-corrected chi connectivity index (χ4v) is 3.56. The summed E-state index contributed by atoms with van der Waals surface area (Å²) >= 11 is 0. The number of carbonyl (C=O) groups is 1. The molecule has 29 heavy (non-hydrogen) atoms. The van der Waals surface area contributed by atoms with Crippen LogP contribution in [-0.2, 0) is 24.3 Å². The molecule has 0 aliphatic carbocycles. The predicted octanol–water partition coefficient (Wildman–Crippen LogP) is 4.73. The lowest BCUT2D eigenvalue weighted by Crippen LogP contribution is -2.31. The van der Waals surface area contributed by atoms with Crippen molar-refractivity contribution >= 4 is 16.9 Å². The van der Waals surface area contributed by atoms with E-state index in [9.17, 15) is 4.79 Å². The zero-order valence-corrected chi connectivity index (χ0v) is 17.6. The van der Waals surface area contributed by atoms with Crippen LogP contribution in [0.15, 0.2) is 48.5 Å². The van der Waals surface area contributed by atoms with Gasteiger partial charge in [0, 0.05) is 5.92 Å². The highest BCUT2D eigenvalue weighted by molar-refractivity contribution is 5.79. The molecule has 0 fully saturated rings. The van der Waals surface area contributed by atoms with Gasteiger partial charge in [0.2, 0.25) is 5.91 Å². The summed E-state index contributed by atoms with van der Waals surface area (Å²) in [7, 11) is 0. The van der Waals surface area contributed by atoms with Crippen molar-refractivity contribution in [2.75, 3.05) is 6.61 Å². The monoisotopic (exact) mass is 393 g/mol. The molecule has 0 aliphatic rings. The van der Waals surface area contributed by atoms with Crippen LogP contribution in [0.4, 0.5) is 0 Å². The van der Waals surface area contributed by atoms with Gasteiger partial charge in [-0.3, -0.25) is 4.79 Å². The number of fused-ring (bicyclic) bond motifs is 1.